The van der Waals surface area contributed by atoms with Crippen LogP contribution in [0.2, 0.25) is 0 Å². The third kappa shape index (κ3) is 457. The van der Waals surface area contributed by atoms with Crippen LogP contribution in [-0.4, -0.2) is 131 Å². The van der Waals surface area contributed by atoms with E-state index in [1.54, 1.807) is 0 Å². The summed E-state index contributed by atoms with van der Waals surface area (Å²) in [5, 5.41) is 0. The van der Waals surface area contributed by atoms with E-state index in [-0.39, 0.29) is 74.6 Å². The normalized spacial score (nSPS) is 8.57. The molecule has 0 aliphatic carbocycles. The third-order valence-corrected chi connectivity index (χ3v) is 0. The second-order valence-corrected chi connectivity index (χ2v) is 3.60. The van der Waals surface area contributed by atoms with Gasteiger partial charge in [-0.2, -0.15) is 0 Å². The summed E-state index contributed by atoms with van der Waals surface area (Å²) >= 11 is 0. The average molecular weight is 283 g/mol. The highest BCUT2D eigenvalue weighted by atomic mass is 28.4. The zero-order chi connectivity index (χ0) is 9.00. The summed E-state index contributed by atoms with van der Waals surface area (Å²) in [5.41, 5.74) is 0. The Labute approximate surface area is 130 Å². The molecule has 0 spiro atoms. The fourth-order valence-electron chi connectivity index (χ4n) is 0. The van der Waals surface area contributed by atoms with Crippen LogP contribution in [0.5, 0.6) is 0 Å². The van der Waals surface area contributed by atoms with Crippen LogP contribution < -0.4 is 0 Å². The van der Waals surface area contributed by atoms with E-state index in [0.717, 1.165) is 0 Å². The first-order valence-electron chi connectivity index (χ1n) is 1.79. The van der Waals surface area contributed by atoms with Crippen molar-refractivity contribution >= 4 is 87.3 Å². The Morgan fingerprint density at radius 1 is 0.429 bits per heavy atom. The zero-order valence-electron chi connectivity index (χ0n) is 7.20. The number of hydrogen-bond donors (Lipinski definition) is 8. The van der Waals surface area contributed by atoms with Crippen molar-refractivity contribution in [2.45, 2.75) is 0 Å². The molecule has 0 aromatic carbocycles. The minimum atomic E-state index is -4.61. The maximum absolute atomic E-state index is 7.33. The molecule has 0 amide bonds. The van der Waals surface area contributed by atoms with Crippen LogP contribution >= 0.6 is 0 Å². The van der Waals surface area contributed by atoms with Crippen LogP contribution in [0.15, 0.2) is 0 Å². The lowest BCUT2D eigenvalue weighted by molar-refractivity contribution is 0.115. The largest absolute Gasteiger partial charge is 0.668 e. The molecule has 0 heterocycles. The fourth-order valence-corrected chi connectivity index (χ4v) is 0. The smallest absolute Gasteiger partial charge is 0.412 e. The van der Waals surface area contributed by atoms with Gasteiger partial charge in [0.05, 0.1) is 0 Å². The van der Waals surface area contributed by atoms with Crippen molar-refractivity contribution < 1.29 is 43.8 Å². The van der Waals surface area contributed by atoms with E-state index in [1.807, 2.05) is 0 Å². The monoisotopic (exact) mass is 282 g/mol. The lowest BCUT2D eigenvalue weighted by Crippen LogP contribution is -2.33. The van der Waals surface area contributed by atoms with E-state index in [1.165, 1.54) is 0 Å². The van der Waals surface area contributed by atoms with Gasteiger partial charge in [-0.1, -0.05) is 0 Å². The van der Waals surface area contributed by atoms with Crippen molar-refractivity contribution in [3.8, 4) is 0 Å². The van der Waals surface area contributed by atoms with Crippen molar-refractivity contribution in [1.82, 2.24) is 0 Å². The van der Waals surface area contributed by atoms with Crippen molar-refractivity contribution in [3.63, 3.8) is 0 Å². The molecule has 0 aliphatic rings. The molecule has 6 radical (unpaired) electrons. The Hall–Kier alpha value is 2.37. The molecule has 14 heavy (non-hydrogen) atoms. The van der Waals surface area contributed by atoms with Crippen LogP contribution in [0.3, 0.4) is 0 Å². The van der Waals surface area contributed by atoms with Gasteiger partial charge in [0.1, 0.15) is 0 Å². The van der Waals surface area contributed by atoms with Crippen LogP contribution in [0.25, 0.3) is 0 Å². The van der Waals surface area contributed by atoms with Gasteiger partial charge in [0.2, 0.25) is 0 Å². The van der Waals surface area contributed by atoms with Crippen molar-refractivity contribution in [1.29, 1.82) is 0 Å². The summed E-state index contributed by atoms with van der Waals surface area (Å²) in [7, 11) is -9.22. The van der Waals surface area contributed by atoms with Crippen LogP contribution in [0.1, 0.15) is 0 Å². The standard InChI is InChI=1S/3Mg.2H4O4Si.H2O/c;;;2*1-5(2,3)4;/h;;;2*1-4H;1H2. The van der Waals surface area contributed by atoms with Crippen molar-refractivity contribution in [2.24, 2.45) is 0 Å². The fraction of sp³-hybridized carbons (Fsp3) is 0. The van der Waals surface area contributed by atoms with E-state index in [4.69, 9.17) is 38.4 Å². The molecule has 0 atom stereocenters. The molecule has 10 N–H and O–H groups in total. The van der Waals surface area contributed by atoms with E-state index < -0.39 is 18.1 Å². The Morgan fingerprint density at radius 3 is 0.429 bits per heavy atom. The van der Waals surface area contributed by atoms with Crippen molar-refractivity contribution in [2.75, 3.05) is 0 Å². The maximum Gasteiger partial charge on any atom is 0.668 e. The summed E-state index contributed by atoms with van der Waals surface area (Å²) < 4.78 is 0. The zero-order valence-corrected chi connectivity index (χ0v) is 13.4. The topological polar surface area (TPSA) is 193 Å². The molecule has 0 unspecified atom stereocenters. The van der Waals surface area contributed by atoms with Crippen molar-refractivity contribution in [3.05, 3.63) is 0 Å². The van der Waals surface area contributed by atoms with Gasteiger partial charge in [-0.05, 0) is 0 Å². The Balaban J connectivity index is -0.0000000178. The lowest BCUT2D eigenvalue weighted by atomic mass is 15.7. The first-order valence-corrected chi connectivity index (χ1v) is 5.37. The summed E-state index contributed by atoms with van der Waals surface area (Å²) in [4.78, 5) is 58.6. The van der Waals surface area contributed by atoms with Gasteiger partial charge >= 0.3 is 18.1 Å². The predicted molar refractivity (Wildman–Crippen MR) is 50.1 cm³/mol. The van der Waals surface area contributed by atoms with Crippen LogP contribution in [0.4, 0.5) is 0 Å². The molecule has 9 nitrogen and oxygen atoms in total. The highest BCUT2D eigenvalue weighted by Crippen LogP contribution is 1.67. The van der Waals surface area contributed by atoms with E-state index in [9.17, 15) is 0 Å². The SMILES string of the molecule is O.O[Si](O)(O)O.O[Si](O)(O)O.[Mg].[Mg].[Mg]. The Morgan fingerprint density at radius 2 is 0.429 bits per heavy atom. The van der Waals surface area contributed by atoms with E-state index >= 15 is 0 Å². The van der Waals surface area contributed by atoms with Gasteiger partial charge in [0, 0.05) is 69.2 Å². The van der Waals surface area contributed by atoms with Gasteiger partial charge < -0.3 is 43.8 Å². The molecule has 0 aliphatic heterocycles. The quantitative estimate of drug-likeness (QED) is 0.201. The summed E-state index contributed by atoms with van der Waals surface area (Å²) in [6, 6.07) is 0. The van der Waals surface area contributed by atoms with Gasteiger partial charge in [0.25, 0.3) is 0 Å². The Bertz CT molecular complexity index is 61.0. The summed E-state index contributed by atoms with van der Waals surface area (Å²) in [6.07, 6.45) is 0. The first-order chi connectivity index (χ1) is 4.00. The minimum Gasteiger partial charge on any atom is -0.412 e. The minimum absolute atomic E-state index is 0. The lowest BCUT2D eigenvalue weighted by Gasteiger charge is -1.91. The molecular weight excluding hydrogens is 273 g/mol. The molecule has 0 aromatic rings. The van der Waals surface area contributed by atoms with E-state index in [0.29, 0.717) is 0 Å². The third-order valence-electron chi connectivity index (χ3n) is 0. The average Bonchev–Trinajstić information content (AvgIpc) is 1.12. The molecule has 0 saturated heterocycles. The highest BCUT2D eigenvalue weighted by molar-refractivity contribution is 6.47. The molecule has 0 saturated carbocycles. The summed E-state index contributed by atoms with van der Waals surface area (Å²) in [6.45, 7) is 0. The number of rotatable bonds is 0. The van der Waals surface area contributed by atoms with Crippen LogP contribution in [-0.2, 0) is 0 Å². The van der Waals surface area contributed by atoms with E-state index in [2.05, 4.69) is 0 Å². The molecule has 0 aromatic heterocycles. The molecule has 0 fully saturated rings. The molecule has 78 valence electrons. The molecule has 14 heteroatoms. The van der Waals surface area contributed by atoms with Gasteiger partial charge in [0.15, 0.2) is 0 Å². The Kier molecular flexibility index (Phi) is 39.5. The molecular formula is H10Mg3O9Si2. The van der Waals surface area contributed by atoms with Gasteiger partial charge in [-0.25, -0.2) is 0 Å². The summed E-state index contributed by atoms with van der Waals surface area (Å²) in [5.74, 6) is 0. The molecule has 0 bridgehead atoms. The van der Waals surface area contributed by atoms with Crippen LogP contribution in [0, 0.1) is 0 Å². The first kappa shape index (κ1) is 36.0. The highest BCUT2D eigenvalue weighted by Gasteiger charge is 2.22. The second kappa shape index (κ2) is 15.4. The molecule has 0 rings (SSSR count). The van der Waals surface area contributed by atoms with Gasteiger partial charge in [-0.3, -0.25) is 0 Å². The van der Waals surface area contributed by atoms with Gasteiger partial charge in [-0.15, -0.1) is 0 Å². The second-order valence-electron chi connectivity index (χ2n) is 1.20. The number of hydrogen-bond acceptors (Lipinski definition) is 8. The maximum atomic E-state index is 7.33. The predicted octanol–water partition coefficient (Wildman–Crippen LogP) is -7.18.